The molecule has 3 atom stereocenters. The van der Waals surface area contributed by atoms with Crippen LogP contribution in [0.1, 0.15) is 19.8 Å². The molecule has 0 radical (unpaired) electrons. The van der Waals surface area contributed by atoms with Crippen molar-refractivity contribution < 1.29 is 13.9 Å². The first-order chi connectivity index (χ1) is 9.71. The van der Waals surface area contributed by atoms with Crippen LogP contribution in [-0.2, 0) is 0 Å². The molecular weight excluding hydrogens is 257 g/mol. The Balaban J connectivity index is 1.64. The van der Waals surface area contributed by atoms with Gasteiger partial charge in [0.2, 0.25) is 5.82 Å². The van der Waals surface area contributed by atoms with E-state index in [1.54, 1.807) is 18.2 Å². The Hall–Kier alpha value is -1.29. The number of halogens is 1. The fraction of sp³-hybridized carbons (Fsp3) is 0.625. The minimum Gasteiger partial charge on any atom is -0.494 e. The standard InChI is InChI=1S/C16H22FNO2/c1-3-18-9-11-7-13(8-12(11)10-18)20-15-6-4-5-14(19-2)16(15)17/h4-6,11-13H,3,7-10H2,1-2H3/t11-,12+,13?. The van der Waals surface area contributed by atoms with Crippen LogP contribution in [0.15, 0.2) is 18.2 Å². The van der Waals surface area contributed by atoms with Crippen LogP contribution in [0.4, 0.5) is 4.39 Å². The summed E-state index contributed by atoms with van der Waals surface area (Å²) in [6.45, 7) is 5.67. The lowest BCUT2D eigenvalue weighted by Crippen LogP contribution is -2.24. The Labute approximate surface area is 119 Å². The molecule has 1 aliphatic carbocycles. The highest BCUT2D eigenvalue weighted by Gasteiger charge is 2.41. The molecule has 3 nitrogen and oxygen atoms in total. The Morgan fingerprint density at radius 2 is 1.85 bits per heavy atom. The van der Waals surface area contributed by atoms with Crippen LogP contribution in [0.5, 0.6) is 11.5 Å². The molecule has 2 fully saturated rings. The van der Waals surface area contributed by atoms with Gasteiger partial charge in [0.05, 0.1) is 13.2 Å². The summed E-state index contributed by atoms with van der Waals surface area (Å²) in [5.74, 6) is 1.61. The van der Waals surface area contributed by atoms with Crippen LogP contribution in [0.2, 0.25) is 0 Å². The highest BCUT2D eigenvalue weighted by Crippen LogP contribution is 2.40. The van der Waals surface area contributed by atoms with Crippen LogP contribution in [0, 0.1) is 17.7 Å². The monoisotopic (exact) mass is 279 g/mol. The largest absolute Gasteiger partial charge is 0.494 e. The average molecular weight is 279 g/mol. The molecule has 4 heteroatoms. The number of hydrogen-bond acceptors (Lipinski definition) is 3. The van der Waals surface area contributed by atoms with Gasteiger partial charge >= 0.3 is 0 Å². The van der Waals surface area contributed by atoms with E-state index in [1.165, 1.54) is 20.2 Å². The molecule has 1 saturated carbocycles. The topological polar surface area (TPSA) is 21.7 Å². The zero-order valence-electron chi connectivity index (χ0n) is 12.1. The Kier molecular flexibility index (Phi) is 3.83. The minimum atomic E-state index is -0.387. The van der Waals surface area contributed by atoms with Gasteiger partial charge in [-0.1, -0.05) is 13.0 Å². The van der Waals surface area contributed by atoms with Crippen molar-refractivity contribution in [1.29, 1.82) is 0 Å². The molecule has 1 heterocycles. The zero-order valence-corrected chi connectivity index (χ0v) is 12.1. The number of likely N-dealkylation sites (tertiary alicyclic amines) is 1. The fourth-order valence-corrected chi connectivity index (χ4v) is 3.61. The minimum absolute atomic E-state index is 0.144. The van der Waals surface area contributed by atoms with Crippen LogP contribution in [-0.4, -0.2) is 37.7 Å². The molecule has 0 amide bonds. The highest BCUT2D eigenvalue weighted by atomic mass is 19.1. The predicted molar refractivity (Wildman–Crippen MR) is 75.7 cm³/mol. The number of methoxy groups -OCH3 is 1. The normalized spacial score (nSPS) is 29.4. The molecule has 1 unspecified atom stereocenters. The van der Waals surface area contributed by atoms with Gasteiger partial charge in [0, 0.05) is 13.1 Å². The van der Waals surface area contributed by atoms with E-state index < -0.39 is 0 Å². The molecular formula is C16H22FNO2. The van der Waals surface area contributed by atoms with Crippen LogP contribution >= 0.6 is 0 Å². The summed E-state index contributed by atoms with van der Waals surface area (Å²) < 4.78 is 24.9. The van der Waals surface area contributed by atoms with Crippen molar-refractivity contribution in [3.8, 4) is 11.5 Å². The lowest BCUT2D eigenvalue weighted by molar-refractivity contribution is 0.178. The van der Waals surface area contributed by atoms with Gasteiger partial charge in [0.25, 0.3) is 0 Å². The second-order valence-electron chi connectivity index (χ2n) is 5.86. The number of fused-ring (bicyclic) bond motifs is 1. The maximum Gasteiger partial charge on any atom is 0.206 e. The van der Waals surface area contributed by atoms with E-state index in [4.69, 9.17) is 9.47 Å². The summed E-state index contributed by atoms with van der Waals surface area (Å²) in [5.41, 5.74) is 0. The quantitative estimate of drug-likeness (QED) is 0.846. The molecule has 3 rings (SSSR count). The molecule has 2 aliphatic rings. The molecule has 0 bridgehead atoms. The van der Waals surface area contributed by atoms with E-state index in [9.17, 15) is 4.39 Å². The van der Waals surface area contributed by atoms with E-state index in [-0.39, 0.29) is 17.7 Å². The SMILES string of the molecule is CCN1C[C@H]2CC(Oc3cccc(OC)c3F)C[C@H]2C1. The van der Waals surface area contributed by atoms with E-state index >= 15 is 0 Å². The fourth-order valence-electron chi connectivity index (χ4n) is 3.61. The van der Waals surface area contributed by atoms with E-state index in [1.807, 2.05) is 0 Å². The smallest absolute Gasteiger partial charge is 0.206 e. The highest BCUT2D eigenvalue weighted by molar-refractivity contribution is 5.35. The maximum absolute atomic E-state index is 14.1. The first-order valence-corrected chi connectivity index (χ1v) is 7.42. The average Bonchev–Trinajstić information content (AvgIpc) is 2.98. The number of nitrogens with zero attached hydrogens (tertiary/aromatic N) is 1. The van der Waals surface area contributed by atoms with Crippen molar-refractivity contribution in [3.63, 3.8) is 0 Å². The van der Waals surface area contributed by atoms with Crippen LogP contribution in [0.3, 0.4) is 0 Å². The van der Waals surface area contributed by atoms with Crippen LogP contribution in [0.25, 0.3) is 0 Å². The summed E-state index contributed by atoms with van der Waals surface area (Å²) in [6, 6.07) is 5.07. The molecule has 1 aromatic carbocycles. The zero-order chi connectivity index (χ0) is 14.1. The number of ether oxygens (including phenoxy) is 2. The molecule has 0 spiro atoms. The molecule has 0 N–H and O–H groups in total. The molecule has 1 aromatic rings. The van der Waals surface area contributed by atoms with Crippen LogP contribution < -0.4 is 9.47 Å². The summed E-state index contributed by atoms with van der Waals surface area (Å²) in [7, 11) is 1.47. The Morgan fingerprint density at radius 3 is 2.45 bits per heavy atom. The second kappa shape index (κ2) is 5.60. The molecule has 20 heavy (non-hydrogen) atoms. The predicted octanol–water partition coefficient (Wildman–Crippen LogP) is 2.94. The number of hydrogen-bond donors (Lipinski definition) is 0. The molecule has 110 valence electrons. The third-order valence-electron chi connectivity index (χ3n) is 4.67. The lowest BCUT2D eigenvalue weighted by Gasteiger charge is -2.19. The van der Waals surface area contributed by atoms with Gasteiger partial charge in [-0.15, -0.1) is 0 Å². The number of rotatable bonds is 4. The summed E-state index contributed by atoms with van der Waals surface area (Å²) in [6.07, 6.45) is 2.22. The maximum atomic E-state index is 14.1. The van der Waals surface area contributed by atoms with E-state index in [0.717, 1.165) is 19.4 Å². The van der Waals surface area contributed by atoms with Crippen molar-refractivity contribution in [2.45, 2.75) is 25.9 Å². The van der Waals surface area contributed by atoms with Crippen molar-refractivity contribution in [2.75, 3.05) is 26.7 Å². The first-order valence-electron chi connectivity index (χ1n) is 7.42. The second-order valence-corrected chi connectivity index (χ2v) is 5.86. The lowest BCUT2D eigenvalue weighted by atomic mass is 10.0. The van der Waals surface area contributed by atoms with Gasteiger partial charge in [-0.3, -0.25) is 0 Å². The molecule has 1 aliphatic heterocycles. The third kappa shape index (κ3) is 2.49. The van der Waals surface area contributed by atoms with Gasteiger partial charge < -0.3 is 14.4 Å². The molecule has 1 saturated heterocycles. The number of benzene rings is 1. The summed E-state index contributed by atoms with van der Waals surface area (Å²) in [4.78, 5) is 2.50. The van der Waals surface area contributed by atoms with Crippen molar-refractivity contribution >= 4 is 0 Å². The van der Waals surface area contributed by atoms with Gasteiger partial charge in [-0.2, -0.15) is 4.39 Å². The third-order valence-corrected chi connectivity index (χ3v) is 4.67. The van der Waals surface area contributed by atoms with Crippen molar-refractivity contribution in [2.24, 2.45) is 11.8 Å². The van der Waals surface area contributed by atoms with E-state index in [2.05, 4.69) is 11.8 Å². The van der Waals surface area contributed by atoms with Gasteiger partial charge in [-0.05, 0) is 43.4 Å². The summed E-state index contributed by atoms with van der Waals surface area (Å²) in [5, 5.41) is 0. The Bertz CT molecular complexity index is 466. The first kappa shape index (κ1) is 13.7. The van der Waals surface area contributed by atoms with Gasteiger partial charge in [0.1, 0.15) is 0 Å². The van der Waals surface area contributed by atoms with Gasteiger partial charge in [0.15, 0.2) is 11.5 Å². The Morgan fingerprint density at radius 1 is 1.20 bits per heavy atom. The van der Waals surface area contributed by atoms with Crippen molar-refractivity contribution in [1.82, 2.24) is 4.90 Å². The van der Waals surface area contributed by atoms with Crippen molar-refractivity contribution in [3.05, 3.63) is 24.0 Å². The summed E-state index contributed by atoms with van der Waals surface area (Å²) >= 11 is 0. The van der Waals surface area contributed by atoms with Gasteiger partial charge in [-0.25, -0.2) is 0 Å². The molecule has 0 aromatic heterocycles. The van der Waals surface area contributed by atoms with E-state index in [0.29, 0.717) is 17.6 Å².